The molecule has 1 heterocycles. The summed E-state index contributed by atoms with van der Waals surface area (Å²) in [5.41, 5.74) is 1.58. The first-order chi connectivity index (χ1) is 12.0. The highest BCUT2D eigenvalue weighted by Crippen LogP contribution is 2.33. The molecule has 2 aromatic carbocycles. The molecule has 3 rings (SSSR count). The Morgan fingerprint density at radius 2 is 2.00 bits per heavy atom. The van der Waals surface area contributed by atoms with E-state index in [2.05, 4.69) is 5.32 Å². The number of nitro groups is 1. The fourth-order valence-electron chi connectivity index (χ4n) is 3.03. The Bertz CT molecular complexity index is 850. The topological polar surface area (TPSA) is 92.6 Å². The maximum absolute atomic E-state index is 13.0. The minimum Gasteiger partial charge on any atom is -0.355 e. The fraction of sp³-hybridized carbons (Fsp3) is 0.222. The van der Waals surface area contributed by atoms with Crippen LogP contribution in [0.15, 0.2) is 48.5 Å². The Morgan fingerprint density at radius 1 is 1.24 bits per heavy atom. The van der Waals surface area contributed by atoms with Crippen molar-refractivity contribution in [1.82, 2.24) is 5.32 Å². The number of likely N-dealkylation sites (N-methyl/N-ethyl adjacent to an activating group) is 1. The van der Waals surface area contributed by atoms with Crippen molar-refractivity contribution in [2.24, 2.45) is 0 Å². The van der Waals surface area contributed by atoms with Gasteiger partial charge in [-0.05, 0) is 24.6 Å². The van der Waals surface area contributed by atoms with E-state index in [0.717, 1.165) is 5.56 Å². The van der Waals surface area contributed by atoms with Crippen LogP contribution in [0, 0.1) is 10.1 Å². The lowest BCUT2D eigenvalue weighted by atomic mass is 10.1. The van der Waals surface area contributed by atoms with E-state index in [0.29, 0.717) is 18.7 Å². The number of anilines is 1. The predicted octanol–water partition coefficient (Wildman–Crippen LogP) is 2.30. The van der Waals surface area contributed by atoms with E-state index >= 15 is 0 Å². The Hall–Kier alpha value is -3.22. The molecule has 1 aliphatic rings. The number of nitrogens with zero attached hydrogens (tertiary/aromatic N) is 2. The highest BCUT2D eigenvalue weighted by Gasteiger charge is 2.38. The van der Waals surface area contributed by atoms with Gasteiger partial charge in [0.2, 0.25) is 5.91 Å². The van der Waals surface area contributed by atoms with Gasteiger partial charge in [0.1, 0.15) is 6.04 Å². The SMILES string of the molecule is CCNC(=O)C1Cc2ccccc2N1C(=O)c1cccc([N+](=O)[O-])c1. The lowest BCUT2D eigenvalue weighted by Gasteiger charge is -2.24. The molecule has 1 aliphatic heterocycles. The average Bonchev–Trinajstić information content (AvgIpc) is 3.01. The molecule has 2 aromatic rings. The molecule has 1 unspecified atom stereocenters. The second kappa shape index (κ2) is 6.72. The van der Waals surface area contributed by atoms with Crippen molar-refractivity contribution < 1.29 is 14.5 Å². The van der Waals surface area contributed by atoms with Crippen molar-refractivity contribution in [1.29, 1.82) is 0 Å². The number of carbonyl (C=O) groups excluding carboxylic acids is 2. The monoisotopic (exact) mass is 339 g/mol. The molecule has 0 aromatic heterocycles. The maximum Gasteiger partial charge on any atom is 0.270 e. The van der Waals surface area contributed by atoms with E-state index < -0.39 is 16.9 Å². The third-order valence-corrected chi connectivity index (χ3v) is 4.15. The molecule has 0 spiro atoms. The van der Waals surface area contributed by atoms with E-state index in [1.54, 1.807) is 12.1 Å². The number of non-ortho nitro benzene ring substituents is 1. The standard InChI is InChI=1S/C18H17N3O4/c1-2-19-17(22)16-11-12-6-3-4-9-15(12)20(16)18(23)13-7-5-8-14(10-13)21(24)25/h3-10,16H,2,11H2,1H3,(H,19,22). The third kappa shape index (κ3) is 3.08. The number of fused-ring (bicyclic) bond motifs is 1. The normalized spacial score (nSPS) is 15.6. The lowest BCUT2D eigenvalue weighted by Crippen LogP contribution is -2.48. The van der Waals surface area contributed by atoms with Gasteiger partial charge in [-0.2, -0.15) is 0 Å². The molecule has 0 aliphatic carbocycles. The molecule has 128 valence electrons. The zero-order valence-electron chi connectivity index (χ0n) is 13.6. The summed E-state index contributed by atoms with van der Waals surface area (Å²) in [6, 6.07) is 12.2. The molecule has 7 nitrogen and oxygen atoms in total. The molecule has 0 bridgehead atoms. The number of rotatable bonds is 4. The largest absolute Gasteiger partial charge is 0.355 e. The molecule has 1 atom stereocenters. The Balaban J connectivity index is 2.01. The number of hydrogen-bond acceptors (Lipinski definition) is 4. The lowest BCUT2D eigenvalue weighted by molar-refractivity contribution is -0.384. The van der Waals surface area contributed by atoms with Gasteiger partial charge in [-0.15, -0.1) is 0 Å². The molecule has 25 heavy (non-hydrogen) atoms. The first kappa shape index (κ1) is 16.6. The van der Waals surface area contributed by atoms with Crippen molar-refractivity contribution in [3.05, 3.63) is 69.8 Å². The summed E-state index contributed by atoms with van der Waals surface area (Å²) >= 11 is 0. The van der Waals surface area contributed by atoms with Gasteiger partial charge in [0.25, 0.3) is 11.6 Å². The second-order valence-electron chi connectivity index (χ2n) is 5.73. The fourth-order valence-corrected chi connectivity index (χ4v) is 3.03. The summed E-state index contributed by atoms with van der Waals surface area (Å²) in [7, 11) is 0. The highest BCUT2D eigenvalue weighted by atomic mass is 16.6. The second-order valence-corrected chi connectivity index (χ2v) is 5.73. The van der Waals surface area contributed by atoms with Gasteiger partial charge in [-0.1, -0.05) is 24.3 Å². The minimum absolute atomic E-state index is 0.159. The summed E-state index contributed by atoms with van der Waals surface area (Å²) in [6.07, 6.45) is 0.419. The zero-order valence-corrected chi connectivity index (χ0v) is 13.6. The van der Waals surface area contributed by atoms with Crippen molar-refractivity contribution in [2.45, 2.75) is 19.4 Å². The number of nitrogens with one attached hydrogen (secondary N) is 1. The number of benzene rings is 2. The van der Waals surface area contributed by atoms with Gasteiger partial charge in [0, 0.05) is 36.3 Å². The minimum atomic E-state index is -0.663. The van der Waals surface area contributed by atoms with Gasteiger partial charge < -0.3 is 5.32 Å². The molecule has 0 saturated heterocycles. The van der Waals surface area contributed by atoms with E-state index in [1.807, 2.05) is 19.1 Å². The van der Waals surface area contributed by atoms with Gasteiger partial charge in [-0.3, -0.25) is 24.6 Å². The van der Waals surface area contributed by atoms with Crippen LogP contribution in [-0.2, 0) is 11.2 Å². The van der Waals surface area contributed by atoms with Crippen LogP contribution in [0.1, 0.15) is 22.8 Å². The third-order valence-electron chi connectivity index (χ3n) is 4.15. The van der Waals surface area contributed by atoms with Crippen LogP contribution in [0.25, 0.3) is 0 Å². The number of hydrogen-bond donors (Lipinski definition) is 1. The van der Waals surface area contributed by atoms with Crippen LogP contribution in [0.4, 0.5) is 11.4 Å². The van der Waals surface area contributed by atoms with Crippen molar-refractivity contribution in [2.75, 3.05) is 11.4 Å². The summed E-state index contributed by atoms with van der Waals surface area (Å²) in [6.45, 7) is 2.28. The van der Waals surface area contributed by atoms with Crippen LogP contribution in [0.3, 0.4) is 0 Å². The smallest absolute Gasteiger partial charge is 0.270 e. The number of para-hydroxylation sites is 1. The molecule has 0 saturated carbocycles. The van der Waals surface area contributed by atoms with Crippen LogP contribution in [-0.4, -0.2) is 29.3 Å². The summed E-state index contributed by atoms with van der Waals surface area (Å²) in [5.74, 6) is -0.664. The van der Waals surface area contributed by atoms with Gasteiger partial charge in [0.05, 0.1) is 4.92 Å². The highest BCUT2D eigenvalue weighted by molar-refractivity contribution is 6.11. The zero-order chi connectivity index (χ0) is 18.0. The van der Waals surface area contributed by atoms with Crippen LogP contribution in [0.5, 0.6) is 0 Å². The van der Waals surface area contributed by atoms with Gasteiger partial charge in [0.15, 0.2) is 0 Å². The van der Waals surface area contributed by atoms with Crippen molar-refractivity contribution in [3.63, 3.8) is 0 Å². The predicted molar refractivity (Wildman–Crippen MR) is 92.5 cm³/mol. The van der Waals surface area contributed by atoms with E-state index in [4.69, 9.17) is 0 Å². The molecule has 0 fully saturated rings. The quantitative estimate of drug-likeness (QED) is 0.683. The van der Waals surface area contributed by atoms with E-state index in [-0.39, 0.29) is 17.2 Å². The van der Waals surface area contributed by atoms with Crippen LogP contribution >= 0.6 is 0 Å². The molecule has 2 amide bonds. The van der Waals surface area contributed by atoms with Crippen molar-refractivity contribution >= 4 is 23.2 Å². The summed E-state index contributed by atoms with van der Waals surface area (Å²) in [4.78, 5) is 37.3. The average molecular weight is 339 g/mol. The molecule has 0 radical (unpaired) electrons. The molecular formula is C18H17N3O4. The first-order valence-electron chi connectivity index (χ1n) is 7.96. The Kier molecular flexibility index (Phi) is 4.47. The Morgan fingerprint density at radius 3 is 2.72 bits per heavy atom. The van der Waals surface area contributed by atoms with Gasteiger partial charge >= 0.3 is 0 Å². The molecule has 7 heteroatoms. The van der Waals surface area contributed by atoms with Crippen LogP contribution in [0.2, 0.25) is 0 Å². The van der Waals surface area contributed by atoms with E-state index in [9.17, 15) is 19.7 Å². The maximum atomic E-state index is 13.0. The van der Waals surface area contributed by atoms with E-state index in [1.165, 1.54) is 29.2 Å². The number of carbonyl (C=O) groups is 2. The first-order valence-corrected chi connectivity index (χ1v) is 7.96. The summed E-state index contributed by atoms with van der Waals surface area (Å²) in [5, 5.41) is 13.7. The molecular weight excluding hydrogens is 322 g/mol. The van der Waals surface area contributed by atoms with Gasteiger partial charge in [-0.25, -0.2) is 0 Å². The number of amides is 2. The number of nitro benzene ring substituents is 1. The summed E-state index contributed by atoms with van der Waals surface area (Å²) < 4.78 is 0. The van der Waals surface area contributed by atoms with Crippen LogP contribution < -0.4 is 10.2 Å². The Labute approximate surface area is 144 Å². The van der Waals surface area contributed by atoms with Crippen molar-refractivity contribution in [3.8, 4) is 0 Å². The molecule has 1 N–H and O–H groups in total.